The Morgan fingerprint density at radius 2 is 1.25 bits per heavy atom. The molecule has 0 saturated carbocycles. The number of aliphatic carboxylic acids is 1. The molecule has 1 aliphatic heterocycles. The van der Waals surface area contributed by atoms with Crippen LogP contribution in [0.15, 0.2) is 60.7 Å². The van der Waals surface area contributed by atoms with Crippen LogP contribution in [0.3, 0.4) is 0 Å². The summed E-state index contributed by atoms with van der Waals surface area (Å²) < 4.78 is 11.0. The average molecular weight is 948 g/mol. The second-order valence-electron chi connectivity index (χ2n) is 16.3. The molecule has 5 atom stereocenters. The van der Waals surface area contributed by atoms with Crippen LogP contribution >= 0.6 is 22.6 Å². The molecule has 1 fully saturated rings. The van der Waals surface area contributed by atoms with Gasteiger partial charge in [-0.1, -0.05) is 111 Å². The van der Waals surface area contributed by atoms with Gasteiger partial charge in [0.25, 0.3) is 0 Å². The first-order chi connectivity index (χ1) is 28.5. The van der Waals surface area contributed by atoms with Gasteiger partial charge in [-0.2, -0.15) is 0 Å². The zero-order valence-electron chi connectivity index (χ0n) is 35.4. The highest BCUT2D eigenvalue weighted by Crippen LogP contribution is 2.22. The number of carboxylic acids is 1. The van der Waals surface area contributed by atoms with E-state index >= 15 is 0 Å². The molecular weight excluding hydrogens is 885 g/mol. The molecular formula is C44H62IN5O10. The number of amides is 4. The molecule has 1 saturated heterocycles. The van der Waals surface area contributed by atoms with E-state index in [0.717, 1.165) is 11.1 Å². The first-order valence-corrected chi connectivity index (χ1v) is 22.1. The summed E-state index contributed by atoms with van der Waals surface area (Å²) in [5.74, 6) is -4.90. The number of alkyl halides is 1. The number of morpholine rings is 1. The number of carboxylic acid groups (broad SMARTS) is 1. The van der Waals surface area contributed by atoms with E-state index < -0.39 is 78.1 Å². The molecule has 0 spiro atoms. The third kappa shape index (κ3) is 17.7. The Morgan fingerprint density at radius 3 is 1.82 bits per heavy atom. The third-order valence-corrected chi connectivity index (χ3v) is 11.4. The molecule has 2 unspecified atom stereocenters. The van der Waals surface area contributed by atoms with Gasteiger partial charge in [-0.05, 0) is 55.6 Å². The summed E-state index contributed by atoms with van der Waals surface area (Å²) in [6.45, 7) is 11.3. The number of ketones is 1. The number of benzene rings is 2. The smallest absolute Gasteiger partial charge is 0.307 e. The minimum absolute atomic E-state index is 0.0354. The van der Waals surface area contributed by atoms with Crippen LogP contribution in [0.2, 0.25) is 0 Å². The lowest BCUT2D eigenvalue weighted by molar-refractivity contribution is -0.165. The molecule has 330 valence electrons. The van der Waals surface area contributed by atoms with Crippen LogP contribution in [0.5, 0.6) is 0 Å². The van der Waals surface area contributed by atoms with Gasteiger partial charge in [-0.3, -0.25) is 38.5 Å². The molecule has 2 aromatic rings. The summed E-state index contributed by atoms with van der Waals surface area (Å²) in [6.07, 6.45) is 0.330. The van der Waals surface area contributed by atoms with E-state index in [0.29, 0.717) is 32.7 Å². The summed E-state index contributed by atoms with van der Waals surface area (Å²) in [6, 6.07) is 14.2. The Hall–Kier alpha value is -4.42. The summed E-state index contributed by atoms with van der Waals surface area (Å²) in [5, 5.41) is 20.5. The highest BCUT2D eigenvalue weighted by atomic mass is 127. The molecule has 0 bridgehead atoms. The van der Waals surface area contributed by atoms with Crippen molar-refractivity contribution in [3.05, 3.63) is 71.8 Å². The first kappa shape index (κ1) is 49.9. The first-order valence-electron chi connectivity index (χ1n) is 20.6. The monoisotopic (exact) mass is 947 g/mol. The van der Waals surface area contributed by atoms with Gasteiger partial charge in [-0.15, -0.1) is 0 Å². The van der Waals surface area contributed by atoms with Crippen molar-refractivity contribution >= 4 is 63.9 Å². The van der Waals surface area contributed by atoms with Crippen molar-refractivity contribution < 1.29 is 48.1 Å². The van der Waals surface area contributed by atoms with Crippen molar-refractivity contribution in [3.8, 4) is 0 Å². The third-order valence-electron chi connectivity index (χ3n) is 9.94. The van der Waals surface area contributed by atoms with Gasteiger partial charge in [-0.25, -0.2) is 0 Å². The zero-order valence-corrected chi connectivity index (χ0v) is 37.5. The summed E-state index contributed by atoms with van der Waals surface area (Å²) in [7, 11) is 0. The van der Waals surface area contributed by atoms with Crippen molar-refractivity contribution in [1.29, 1.82) is 0 Å². The number of nitrogens with zero attached hydrogens (tertiary/aromatic N) is 1. The number of nitrogens with one attached hydrogen (secondary N) is 4. The molecule has 15 nitrogen and oxygen atoms in total. The average Bonchev–Trinajstić information content (AvgIpc) is 3.21. The number of carbonyl (C=O) groups excluding carboxylic acids is 6. The lowest BCUT2D eigenvalue weighted by atomic mass is 9.90. The van der Waals surface area contributed by atoms with Gasteiger partial charge >= 0.3 is 11.9 Å². The molecule has 60 heavy (non-hydrogen) atoms. The fourth-order valence-corrected chi connectivity index (χ4v) is 7.26. The van der Waals surface area contributed by atoms with E-state index in [-0.39, 0.29) is 54.4 Å². The van der Waals surface area contributed by atoms with Crippen LogP contribution < -0.4 is 21.3 Å². The number of aryl methyl sites for hydroxylation is 1. The van der Waals surface area contributed by atoms with Gasteiger partial charge in [0, 0.05) is 23.9 Å². The molecule has 16 heteroatoms. The Balaban J connectivity index is 1.87. The summed E-state index contributed by atoms with van der Waals surface area (Å²) >= 11 is 1.91. The van der Waals surface area contributed by atoms with Crippen molar-refractivity contribution in [2.45, 2.75) is 109 Å². The quantitative estimate of drug-likeness (QED) is 0.0554. The van der Waals surface area contributed by atoms with Gasteiger partial charge in [0.05, 0.1) is 38.6 Å². The number of hydrogen-bond donors (Lipinski definition) is 5. The second-order valence-corrected chi connectivity index (χ2v) is 17.0. The molecule has 0 aromatic heterocycles. The van der Waals surface area contributed by atoms with Crippen LogP contribution in [0.25, 0.3) is 0 Å². The Bertz CT molecular complexity index is 1720. The molecule has 0 aliphatic carbocycles. The maximum Gasteiger partial charge on any atom is 0.307 e. The largest absolute Gasteiger partial charge is 0.481 e. The number of carbonyl (C=O) groups is 7. The maximum absolute atomic E-state index is 14.3. The Kier molecular flexibility index (Phi) is 21.1. The lowest BCUT2D eigenvalue weighted by Gasteiger charge is -2.32. The van der Waals surface area contributed by atoms with Crippen molar-refractivity contribution in [2.24, 2.45) is 11.8 Å². The molecule has 5 N–H and O–H groups in total. The number of ether oxygens (including phenoxy) is 2. The molecule has 0 radical (unpaired) electrons. The van der Waals surface area contributed by atoms with Crippen LogP contribution in [0, 0.1) is 11.8 Å². The topological polar surface area (TPSA) is 210 Å². The molecule has 1 heterocycles. The van der Waals surface area contributed by atoms with Crippen LogP contribution in [-0.2, 0) is 55.9 Å². The molecule has 3 rings (SSSR count). The van der Waals surface area contributed by atoms with Crippen LogP contribution in [-0.4, -0.2) is 118 Å². The van der Waals surface area contributed by atoms with E-state index in [9.17, 15) is 33.6 Å². The van der Waals surface area contributed by atoms with Crippen LogP contribution in [0.4, 0.5) is 0 Å². The normalized spacial score (nSPS) is 16.1. The van der Waals surface area contributed by atoms with Gasteiger partial charge in [0.2, 0.25) is 23.6 Å². The fourth-order valence-electron chi connectivity index (χ4n) is 6.73. The van der Waals surface area contributed by atoms with Crippen molar-refractivity contribution in [1.82, 2.24) is 26.2 Å². The fraction of sp³-hybridized carbons (Fsp3) is 0.568. The standard InChI is InChI=1S/C44H62IN5O10/c1-29(2)24-34(40(55)44(5,28-45)60-39(54)19-18-38(52)53)47-43(58)36(26-32-14-10-7-11-15-32)49-42(57)35(25-30(3)4)48-41(56)33(17-16-31-12-8-6-9-13-31)46-37(51)27-50-20-22-59-23-21-50/h6-15,29-30,33-36H,16-28H2,1-5H3,(H,46,51)(H,47,58)(H,48,56)(H,49,57)(H,52,53)/t33-,34-,35?,36-,44?/m0/s1. The van der Waals surface area contributed by atoms with E-state index in [2.05, 4.69) is 21.3 Å². The molecule has 2 aromatic carbocycles. The minimum atomic E-state index is -1.68. The van der Waals surface area contributed by atoms with E-state index in [1.807, 2.05) is 91.6 Å². The lowest BCUT2D eigenvalue weighted by Crippen LogP contribution is -2.60. The molecule has 1 aliphatic rings. The van der Waals surface area contributed by atoms with E-state index in [1.54, 1.807) is 24.3 Å². The predicted molar refractivity (Wildman–Crippen MR) is 234 cm³/mol. The van der Waals surface area contributed by atoms with Crippen molar-refractivity contribution in [3.63, 3.8) is 0 Å². The number of esters is 1. The maximum atomic E-state index is 14.3. The number of hydrogen-bond acceptors (Lipinski definition) is 10. The van der Waals surface area contributed by atoms with Crippen LogP contribution in [0.1, 0.15) is 77.8 Å². The predicted octanol–water partition coefficient (Wildman–Crippen LogP) is 3.40. The SMILES string of the molecule is CC(C)CC(NC(=O)[C@H](CCc1ccccc1)NC(=O)CN1CCOCC1)C(=O)N[C@@H](Cc1ccccc1)C(=O)N[C@@H](CC(C)C)C(=O)C(C)(CI)OC(=O)CCC(=O)O. The van der Waals surface area contributed by atoms with Gasteiger partial charge in [0.1, 0.15) is 18.1 Å². The summed E-state index contributed by atoms with van der Waals surface area (Å²) in [5.41, 5.74) is 0.0264. The highest BCUT2D eigenvalue weighted by Gasteiger charge is 2.42. The van der Waals surface area contributed by atoms with Gasteiger partial charge < -0.3 is 35.8 Å². The van der Waals surface area contributed by atoms with Crippen molar-refractivity contribution in [2.75, 3.05) is 37.3 Å². The molecule has 4 amide bonds. The van der Waals surface area contributed by atoms with E-state index in [1.165, 1.54) is 6.92 Å². The summed E-state index contributed by atoms with van der Waals surface area (Å²) in [4.78, 5) is 95.6. The number of halogens is 1. The van der Waals surface area contributed by atoms with E-state index in [4.69, 9.17) is 14.6 Å². The Labute approximate surface area is 367 Å². The second kappa shape index (κ2) is 25.4. The zero-order chi connectivity index (χ0) is 44.2. The number of rotatable bonds is 25. The van der Waals surface area contributed by atoms with Gasteiger partial charge in [0.15, 0.2) is 11.4 Å². The highest BCUT2D eigenvalue weighted by molar-refractivity contribution is 14.1. The minimum Gasteiger partial charge on any atom is -0.481 e. The number of Topliss-reactive ketones (excluding diaryl/α,β-unsaturated/α-hetero) is 1. The Morgan fingerprint density at radius 1 is 0.733 bits per heavy atom.